The van der Waals surface area contributed by atoms with Crippen LogP contribution in [0.5, 0.6) is 0 Å². The molecule has 0 aromatic carbocycles. The van der Waals surface area contributed by atoms with Gasteiger partial charge in [-0.3, -0.25) is 14.7 Å². The first-order valence-corrected chi connectivity index (χ1v) is 6.64. The van der Waals surface area contributed by atoms with Crippen LogP contribution in [0, 0.1) is 5.92 Å². The van der Waals surface area contributed by atoms with Crippen LogP contribution < -0.4 is 0 Å². The molecule has 0 N–H and O–H groups in total. The molecule has 2 heterocycles. The minimum absolute atomic E-state index is 0.148. The molecule has 1 fully saturated rings. The van der Waals surface area contributed by atoms with Gasteiger partial charge in [-0.25, -0.2) is 0 Å². The van der Waals surface area contributed by atoms with E-state index in [1.165, 1.54) is 6.20 Å². The number of likely N-dealkylation sites (tertiary alicyclic amines) is 1. The number of carbonyl (C=O) groups excluding carboxylic acids is 1. The fraction of sp³-hybridized carbons (Fsp3) is 0.571. The van der Waals surface area contributed by atoms with Crippen molar-refractivity contribution in [3.8, 4) is 0 Å². The SMILES string of the molecule is C[C@H]1CCCN(Cc2cnc(C=O)c(C(F)(F)F)c2)C1. The zero-order valence-electron chi connectivity index (χ0n) is 11.3. The lowest BCUT2D eigenvalue weighted by atomic mass is 10.00. The number of rotatable bonds is 3. The highest BCUT2D eigenvalue weighted by molar-refractivity contribution is 5.74. The number of nitrogens with zero attached hydrogens (tertiary/aromatic N) is 2. The van der Waals surface area contributed by atoms with E-state index >= 15 is 0 Å². The minimum Gasteiger partial charge on any atom is -0.299 e. The van der Waals surface area contributed by atoms with Gasteiger partial charge in [0.05, 0.1) is 5.56 Å². The van der Waals surface area contributed by atoms with Gasteiger partial charge in [0.2, 0.25) is 0 Å². The number of aromatic nitrogens is 1. The van der Waals surface area contributed by atoms with E-state index in [1.807, 2.05) is 0 Å². The number of carbonyl (C=O) groups is 1. The highest BCUT2D eigenvalue weighted by Crippen LogP contribution is 2.31. The predicted octanol–water partition coefficient (Wildman–Crippen LogP) is 3.14. The van der Waals surface area contributed by atoms with E-state index in [2.05, 4.69) is 16.8 Å². The Morgan fingerprint density at radius 3 is 2.85 bits per heavy atom. The first kappa shape index (κ1) is 15.0. The number of halogens is 3. The maximum Gasteiger partial charge on any atom is 0.418 e. The number of hydrogen-bond acceptors (Lipinski definition) is 3. The summed E-state index contributed by atoms with van der Waals surface area (Å²) in [5, 5.41) is 0. The molecular formula is C14H17F3N2O. The maximum atomic E-state index is 12.8. The molecule has 0 spiro atoms. The Balaban J connectivity index is 2.18. The summed E-state index contributed by atoms with van der Waals surface area (Å²) in [5.41, 5.74) is -1.000. The van der Waals surface area contributed by atoms with Crippen LogP contribution in [0.25, 0.3) is 0 Å². The molecule has 2 rings (SSSR count). The van der Waals surface area contributed by atoms with Gasteiger partial charge in [-0.05, 0) is 36.9 Å². The molecule has 20 heavy (non-hydrogen) atoms. The molecule has 110 valence electrons. The van der Waals surface area contributed by atoms with Crippen LogP contribution in [0.15, 0.2) is 12.3 Å². The van der Waals surface area contributed by atoms with Crippen LogP contribution in [-0.2, 0) is 12.7 Å². The summed E-state index contributed by atoms with van der Waals surface area (Å²) in [6, 6.07) is 1.04. The predicted molar refractivity (Wildman–Crippen MR) is 68.3 cm³/mol. The lowest BCUT2D eigenvalue weighted by Crippen LogP contribution is -2.33. The molecule has 1 aliphatic rings. The summed E-state index contributed by atoms with van der Waals surface area (Å²) in [5.74, 6) is 0.563. The normalized spacial score (nSPS) is 20.9. The lowest BCUT2D eigenvalue weighted by molar-refractivity contribution is -0.138. The van der Waals surface area contributed by atoms with Crippen molar-refractivity contribution in [2.45, 2.75) is 32.5 Å². The molecular weight excluding hydrogens is 269 g/mol. The van der Waals surface area contributed by atoms with Gasteiger partial charge < -0.3 is 0 Å². The van der Waals surface area contributed by atoms with E-state index in [4.69, 9.17) is 0 Å². The molecule has 1 atom stereocenters. The molecule has 1 saturated heterocycles. The smallest absolute Gasteiger partial charge is 0.299 e. The van der Waals surface area contributed by atoms with E-state index in [0.717, 1.165) is 32.0 Å². The van der Waals surface area contributed by atoms with Gasteiger partial charge in [-0.2, -0.15) is 13.2 Å². The van der Waals surface area contributed by atoms with Crippen molar-refractivity contribution in [3.63, 3.8) is 0 Å². The van der Waals surface area contributed by atoms with Gasteiger partial charge in [-0.1, -0.05) is 6.92 Å². The Labute approximate surface area is 115 Å². The summed E-state index contributed by atoms with van der Waals surface area (Å²) in [6.45, 7) is 4.36. The van der Waals surface area contributed by atoms with Gasteiger partial charge in [-0.15, -0.1) is 0 Å². The van der Waals surface area contributed by atoms with Crippen LogP contribution in [0.4, 0.5) is 13.2 Å². The second kappa shape index (κ2) is 5.91. The van der Waals surface area contributed by atoms with Crippen molar-refractivity contribution in [3.05, 3.63) is 29.1 Å². The largest absolute Gasteiger partial charge is 0.418 e. The van der Waals surface area contributed by atoms with Crippen molar-refractivity contribution < 1.29 is 18.0 Å². The zero-order valence-corrected chi connectivity index (χ0v) is 11.3. The topological polar surface area (TPSA) is 33.2 Å². The number of piperidine rings is 1. The van der Waals surface area contributed by atoms with Crippen LogP contribution in [-0.4, -0.2) is 29.3 Å². The van der Waals surface area contributed by atoms with E-state index in [-0.39, 0.29) is 6.29 Å². The van der Waals surface area contributed by atoms with Crippen molar-refractivity contribution in [2.75, 3.05) is 13.1 Å². The molecule has 0 aliphatic carbocycles. The zero-order chi connectivity index (χ0) is 14.8. The van der Waals surface area contributed by atoms with Crippen LogP contribution in [0.3, 0.4) is 0 Å². The quantitative estimate of drug-likeness (QED) is 0.800. The number of hydrogen-bond donors (Lipinski definition) is 0. The molecule has 3 nitrogen and oxygen atoms in total. The molecule has 0 radical (unpaired) electrons. The van der Waals surface area contributed by atoms with E-state index in [0.29, 0.717) is 18.0 Å². The summed E-state index contributed by atoms with van der Waals surface area (Å²) in [4.78, 5) is 16.4. The van der Waals surface area contributed by atoms with Crippen molar-refractivity contribution >= 4 is 6.29 Å². The fourth-order valence-corrected chi connectivity index (χ4v) is 2.61. The first-order valence-electron chi connectivity index (χ1n) is 6.64. The number of aldehydes is 1. The summed E-state index contributed by atoms with van der Waals surface area (Å²) >= 11 is 0. The Kier molecular flexibility index (Phi) is 4.42. The van der Waals surface area contributed by atoms with Gasteiger partial charge in [0.25, 0.3) is 0 Å². The standard InChI is InChI=1S/C14H17F3N2O/c1-10-3-2-4-19(7-10)8-11-5-12(14(15,16)17)13(9-20)18-6-11/h5-6,9-10H,2-4,7-8H2,1H3/t10-/m0/s1. The highest BCUT2D eigenvalue weighted by Gasteiger charge is 2.34. The molecule has 0 amide bonds. The molecule has 0 bridgehead atoms. The van der Waals surface area contributed by atoms with E-state index < -0.39 is 17.4 Å². The summed E-state index contributed by atoms with van der Waals surface area (Å²) in [6.07, 6.45) is -0.817. The summed E-state index contributed by atoms with van der Waals surface area (Å²) < 4.78 is 38.5. The fourth-order valence-electron chi connectivity index (χ4n) is 2.61. The van der Waals surface area contributed by atoms with Gasteiger partial charge in [0.15, 0.2) is 6.29 Å². The Hall–Kier alpha value is -1.43. The molecule has 6 heteroatoms. The maximum absolute atomic E-state index is 12.8. The van der Waals surface area contributed by atoms with E-state index in [9.17, 15) is 18.0 Å². The Morgan fingerprint density at radius 2 is 2.25 bits per heavy atom. The van der Waals surface area contributed by atoms with Crippen molar-refractivity contribution in [1.29, 1.82) is 0 Å². The molecule has 1 aromatic heterocycles. The third-order valence-electron chi connectivity index (χ3n) is 3.54. The third-order valence-corrected chi connectivity index (χ3v) is 3.54. The number of alkyl halides is 3. The number of pyridine rings is 1. The average Bonchev–Trinajstić information content (AvgIpc) is 2.37. The molecule has 1 aliphatic heterocycles. The average molecular weight is 286 g/mol. The second-order valence-electron chi connectivity index (χ2n) is 5.37. The molecule has 0 saturated carbocycles. The van der Waals surface area contributed by atoms with Gasteiger partial charge >= 0.3 is 6.18 Å². The van der Waals surface area contributed by atoms with Crippen molar-refractivity contribution in [1.82, 2.24) is 9.88 Å². The first-order chi connectivity index (χ1) is 9.40. The van der Waals surface area contributed by atoms with Crippen LogP contribution in [0.1, 0.15) is 41.4 Å². The van der Waals surface area contributed by atoms with E-state index in [1.54, 1.807) is 0 Å². The Bertz CT molecular complexity index is 488. The monoisotopic (exact) mass is 286 g/mol. The summed E-state index contributed by atoms with van der Waals surface area (Å²) in [7, 11) is 0. The molecule has 0 unspecified atom stereocenters. The Morgan fingerprint density at radius 1 is 1.50 bits per heavy atom. The lowest BCUT2D eigenvalue weighted by Gasteiger charge is -2.30. The van der Waals surface area contributed by atoms with Crippen molar-refractivity contribution in [2.24, 2.45) is 5.92 Å². The van der Waals surface area contributed by atoms with Crippen LogP contribution in [0.2, 0.25) is 0 Å². The second-order valence-corrected chi connectivity index (χ2v) is 5.37. The third kappa shape index (κ3) is 3.56. The van der Waals surface area contributed by atoms with Gasteiger partial charge in [0, 0.05) is 19.3 Å². The highest BCUT2D eigenvalue weighted by atomic mass is 19.4. The van der Waals surface area contributed by atoms with Gasteiger partial charge in [0.1, 0.15) is 5.69 Å². The van der Waals surface area contributed by atoms with Crippen LogP contribution >= 0.6 is 0 Å². The molecule has 1 aromatic rings. The minimum atomic E-state index is -4.55.